The fourth-order valence-corrected chi connectivity index (χ4v) is 0. The van der Waals surface area contributed by atoms with Crippen LogP contribution >= 0.6 is 0 Å². The molecule has 0 spiro atoms. The summed E-state index contributed by atoms with van der Waals surface area (Å²) < 4.78 is 0. The van der Waals surface area contributed by atoms with Gasteiger partial charge in [-0.1, -0.05) is 0 Å². The molecule has 0 unspecified atom stereocenters. The van der Waals surface area contributed by atoms with Crippen LogP contribution in [0.2, 0.25) is 0 Å². The molecule has 0 saturated carbocycles. The zero-order chi connectivity index (χ0) is 0. The molecule has 47 valence electrons. The smallest absolute Gasteiger partial charge is 0 e. The monoisotopic (exact) mass is 343 g/mol. The predicted octanol–water partition coefficient (Wildman–Crippen LogP) is -0.0125. The Morgan fingerprint density at radius 1 is 0.400 bits per heavy atom. The molecule has 0 amide bonds. The fraction of sp³-hybridized carbons (Fsp3) is 0. The summed E-state index contributed by atoms with van der Waals surface area (Å²) in [4.78, 5) is 0. The molecule has 0 bridgehead atoms. The SMILES string of the molecule is [Ag].[Co].[Co].[Co].[Co]. The molecule has 0 aromatic rings. The van der Waals surface area contributed by atoms with Gasteiger partial charge >= 0.3 is 0 Å². The van der Waals surface area contributed by atoms with E-state index in [0.29, 0.717) is 0 Å². The van der Waals surface area contributed by atoms with Gasteiger partial charge in [-0.25, -0.2) is 0 Å². The van der Waals surface area contributed by atoms with Crippen LogP contribution in [0.1, 0.15) is 0 Å². The van der Waals surface area contributed by atoms with Crippen molar-refractivity contribution in [1.82, 2.24) is 0 Å². The minimum absolute atomic E-state index is 0. The van der Waals surface area contributed by atoms with Crippen LogP contribution in [0.4, 0.5) is 0 Å². The summed E-state index contributed by atoms with van der Waals surface area (Å²) in [5, 5.41) is 0. The Bertz CT molecular complexity index is 3.61. The molecule has 0 fully saturated rings. The molecule has 0 aliphatic carbocycles. The minimum atomic E-state index is 0. The van der Waals surface area contributed by atoms with E-state index in [0.717, 1.165) is 0 Å². The molecule has 5 radical (unpaired) electrons. The quantitative estimate of drug-likeness (QED) is 0.543. The minimum Gasteiger partial charge on any atom is 0 e. The maximum atomic E-state index is 0. The average molecular weight is 344 g/mol. The van der Waals surface area contributed by atoms with Gasteiger partial charge in [-0.15, -0.1) is 0 Å². The van der Waals surface area contributed by atoms with Crippen molar-refractivity contribution in [3.8, 4) is 0 Å². The Hall–Kier alpha value is 2.77. The maximum Gasteiger partial charge on any atom is 0 e. The van der Waals surface area contributed by atoms with Crippen LogP contribution in [0.15, 0.2) is 0 Å². The van der Waals surface area contributed by atoms with Crippen LogP contribution in [-0.2, 0) is 89.5 Å². The topological polar surface area (TPSA) is 0 Å². The summed E-state index contributed by atoms with van der Waals surface area (Å²) in [5.74, 6) is 0. The van der Waals surface area contributed by atoms with E-state index in [1.165, 1.54) is 0 Å². The zero-order valence-corrected chi connectivity index (χ0v) is 7.28. The molecule has 5 heavy (non-hydrogen) atoms. The van der Waals surface area contributed by atoms with Crippen molar-refractivity contribution in [2.24, 2.45) is 0 Å². The summed E-state index contributed by atoms with van der Waals surface area (Å²) >= 11 is 0. The number of hydrogen-bond donors (Lipinski definition) is 0. The van der Waals surface area contributed by atoms with Gasteiger partial charge < -0.3 is 0 Å². The third-order valence-electron chi connectivity index (χ3n) is 0. The van der Waals surface area contributed by atoms with Gasteiger partial charge in [-0.05, 0) is 0 Å². The molecule has 0 saturated heterocycles. The number of rotatable bonds is 0. The van der Waals surface area contributed by atoms with E-state index < -0.39 is 0 Å². The van der Waals surface area contributed by atoms with Gasteiger partial charge in [0.2, 0.25) is 0 Å². The van der Waals surface area contributed by atoms with Crippen LogP contribution < -0.4 is 0 Å². The molecule has 0 aromatic carbocycles. The van der Waals surface area contributed by atoms with E-state index in [9.17, 15) is 0 Å². The van der Waals surface area contributed by atoms with Crippen LogP contribution in [0, 0.1) is 0 Å². The Kier molecular flexibility index (Phi) is 273. The fourth-order valence-electron chi connectivity index (χ4n) is 0. The van der Waals surface area contributed by atoms with Gasteiger partial charge in [0.25, 0.3) is 0 Å². The van der Waals surface area contributed by atoms with E-state index in [4.69, 9.17) is 0 Å². The van der Waals surface area contributed by atoms with Crippen LogP contribution in [0.3, 0.4) is 0 Å². The van der Waals surface area contributed by atoms with Crippen LogP contribution in [0.5, 0.6) is 0 Å². The van der Waals surface area contributed by atoms with E-state index in [1.807, 2.05) is 0 Å². The normalized spacial score (nSPS) is 0. The second kappa shape index (κ2) is 29.4. The van der Waals surface area contributed by atoms with Crippen LogP contribution in [-0.4, -0.2) is 0 Å². The summed E-state index contributed by atoms with van der Waals surface area (Å²) in [6.07, 6.45) is 0. The van der Waals surface area contributed by atoms with E-state index in [1.54, 1.807) is 0 Å². The van der Waals surface area contributed by atoms with Gasteiger partial charge in [0.1, 0.15) is 0 Å². The first-order valence-corrected chi connectivity index (χ1v) is 0. The zero-order valence-electron chi connectivity index (χ0n) is 1.63. The summed E-state index contributed by atoms with van der Waals surface area (Å²) in [6.45, 7) is 0. The van der Waals surface area contributed by atoms with Crippen LogP contribution in [0.25, 0.3) is 0 Å². The molecule has 0 aliphatic heterocycles. The van der Waals surface area contributed by atoms with Crippen molar-refractivity contribution in [3.63, 3.8) is 0 Å². The summed E-state index contributed by atoms with van der Waals surface area (Å²) in [6, 6.07) is 0. The molecule has 0 atom stereocenters. The van der Waals surface area contributed by atoms with Gasteiger partial charge in [0, 0.05) is 89.5 Å². The van der Waals surface area contributed by atoms with E-state index in [-0.39, 0.29) is 89.5 Å². The molecule has 0 nitrogen and oxygen atoms in total. The first kappa shape index (κ1) is 46.5. The second-order valence-corrected chi connectivity index (χ2v) is 0. The Balaban J connectivity index is 0. The first-order valence-electron chi connectivity index (χ1n) is 0. The Morgan fingerprint density at radius 3 is 0.400 bits per heavy atom. The van der Waals surface area contributed by atoms with Crippen molar-refractivity contribution in [2.45, 2.75) is 0 Å². The second-order valence-electron chi connectivity index (χ2n) is 0. The average Bonchev–Trinajstić information content (AvgIpc) is 0. The third-order valence-corrected chi connectivity index (χ3v) is 0. The van der Waals surface area contributed by atoms with Crippen molar-refractivity contribution in [1.29, 1.82) is 0 Å². The molecule has 0 heterocycles. The molecular formula is AgCo4. The van der Waals surface area contributed by atoms with Crippen molar-refractivity contribution in [3.05, 3.63) is 0 Å². The van der Waals surface area contributed by atoms with E-state index >= 15 is 0 Å². The largest absolute Gasteiger partial charge is 0 e. The maximum absolute atomic E-state index is 0. The molecular weight excluding hydrogens is 344 g/mol. The van der Waals surface area contributed by atoms with Gasteiger partial charge in [0.05, 0.1) is 0 Å². The standard InChI is InChI=1S/Ag.4Co. The molecule has 0 aromatic heterocycles. The van der Waals surface area contributed by atoms with Crippen molar-refractivity contribution < 1.29 is 89.5 Å². The summed E-state index contributed by atoms with van der Waals surface area (Å²) in [7, 11) is 0. The Morgan fingerprint density at radius 2 is 0.400 bits per heavy atom. The van der Waals surface area contributed by atoms with Gasteiger partial charge in [0.15, 0.2) is 0 Å². The number of hydrogen-bond acceptors (Lipinski definition) is 0. The third kappa shape index (κ3) is 20.1. The molecule has 0 aliphatic rings. The van der Waals surface area contributed by atoms with Gasteiger partial charge in [-0.2, -0.15) is 0 Å². The van der Waals surface area contributed by atoms with E-state index in [2.05, 4.69) is 0 Å². The predicted molar refractivity (Wildman–Crippen MR) is 0 cm³/mol. The molecule has 0 N–H and O–H groups in total. The summed E-state index contributed by atoms with van der Waals surface area (Å²) in [5.41, 5.74) is 0. The first-order chi connectivity index (χ1) is 0. The molecule has 0 rings (SSSR count). The Labute approximate surface area is 88.3 Å². The van der Waals surface area contributed by atoms with Crippen molar-refractivity contribution in [2.75, 3.05) is 0 Å². The van der Waals surface area contributed by atoms with Gasteiger partial charge in [-0.3, -0.25) is 0 Å². The molecule has 5 heteroatoms. The van der Waals surface area contributed by atoms with Crippen molar-refractivity contribution >= 4 is 0 Å².